The fourth-order valence-electron chi connectivity index (χ4n) is 2.21. The first-order valence-corrected chi connectivity index (χ1v) is 8.53. The van der Waals surface area contributed by atoms with Crippen LogP contribution >= 0.6 is 22.9 Å². The summed E-state index contributed by atoms with van der Waals surface area (Å²) in [6.45, 7) is 6.70. The van der Waals surface area contributed by atoms with Gasteiger partial charge in [-0.15, -0.1) is 11.3 Å². The molecule has 22 heavy (non-hydrogen) atoms. The fourth-order valence-corrected chi connectivity index (χ4v) is 3.68. The molecular weight excluding hydrogens is 316 g/mol. The lowest BCUT2D eigenvalue weighted by atomic mass is 10.1. The van der Waals surface area contributed by atoms with Crippen molar-refractivity contribution < 1.29 is 4.79 Å². The smallest absolute Gasteiger partial charge is 0.265 e. The Morgan fingerprint density at radius 3 is 2.68 bits per heavy atom. The number of benzene rings is 1. The van der Waals surface area contributed by atoms with E-state index in [1.165, 1.54) is 11.3 Å². The summed E-state index contributed by atoms with van der Waals surface area (Å²) in [4.78, 5) is 19.6. The van der Waals surface area contributed by atoms with Gasteiger partial charge in [0.1, 0.15) is 4.88 Å². The number of thiazole rings is 1. The van der Waals surface area contributed by atoms with Gasteiger partial charge in [-0.2, -0.15) is 0 Å². The number of aryl methyl sites for hydroxylation is 1. The highest BCUT2D eigenvalue weighted by Crippen LogP contribution is 2.23. The van der Waals surface area contributed by atoms with Gasteiger partial charge >= 0.3 is 0 Å². The second-order valence-electron chi connectivity index (χ2n) is 5.87. The number of rotatable bonds is 5. The van der Waals surface area contributed by atoms with E-state index in [1.54, 1.807) is 11.9 Å². The van der Waals surface area contributed by atoms with Gasteiger partial charge < -0.3 is 4.90 Å². The lowest BCUT2D eigenvalue weighted by molar-refractivity contribution is 0.0789. The molecule has 0 spiro atoms. The molecule has 0 saturated carbocycles. The summed E-state index contributed by atoms with van der Waals surface area (Å²) in [5.41, 5.74) is 1.77. The van der Waals surface area contributed by atoms with Crippen LogP contribution in [0.15, 0.2) is 24.3 Å². The maximum Gasteiger partial charge on any atom is 0.265 e. The molecule has 1 amide bonds. The molecule has 1 aromatic heterocycles. The van der Waals surface area contributed by atoms with E-state index in [4.69, 9.17) is 11.6 Å². The molecule has 0 aliphatic heterocycles. The molecule has 1 aromatic carbocycles. The van der Waals surface area contributed by atoms with E-state index in [0.29, 0.717) is 17.5 Å². The van der Waals surface area contributed by atoms with Crippen LogP contribution in [-0.2, 0) is 13.0 Å². The Balaban J connectivity index is 2.14. The van der Waals surface area contributed by atoms with Gasteiger partial charge in [0, 0.05) is 25.0 Å². The van der Waals surface area contributed by atoms with Crippen LogP contribution in [0, 0.1) is 12.8 Å². The molecule has 0 aliphatic rings. The maximum atomic E-state index is 12.6. The van der Waals surface area contributed by atoms with Crippen molar-refractivity contribution in [3.05, 3.63) is 50.4 Å². The van der Waals surface area contributed by atoms with Crippen LogP contribution in [0.3, 0.4) is 0 Å². The van der Waals surface area contributed by atoms with E-state index >= 15 is 0 Å². The molecule has 0 fully saturated rings. The van der Waals surface area contributed by atoms with Crippen LogP contribution in [0.2, 0.25) is 5.02 Å². The Morgan fingerprint density at radius 2 is 2.05 bits per heavy atom. The summed E-state index contributed by atoms with van der Waals surface area (Å²) in [6.07, 6.45) is 0.910. The van der Waals surface area contributed by atoms with Gasteiger partial charge in [-0.1, -0.05) is 43.6 Å². The third-order valence-electron chi connectivity index (χ3n) is 3.33. The Hall–Kier alpha value is -1.39. The molecule has 1 heterocycles. The molecule has 0 N–H and O–H groups in total. The molecule has 118 valence electrons. The summed E-state index contributed by atoms with van der Waals surface area (Å²) in [5, 5.41) is 1.71. The standard InChI is InChI=1S/C17H21ClN2OS/c1-11(2)9-15-19-12(3)16(22-15)17(21)20(4)10-13-7-5-6-8-14(13)18/h5-8,11H,9-10H2,1-4H3. The third kappa shape index (κ3) is 4.08. The molecule has 0 atom stereocenters. The zero-order valence-electron chi connectivity index (χ0n) is 13.4. The summed E-state index contributed by atoms with van der Waals surface area (Å²) in [7, 11) is 1.80. The van der Waals surface area contributed by atoms with Crippen molar-refractivity contribution in [2.24, 2.45) is 5.92 Å². The van der Waals surface area contributed by atoms with Crippen molar-refractivity contribution >= 4 is 28.8 Å². The van der Waals surface area contributed by atoms with Gasteiger partial charge in [0.15, 0.2) is 0 Å². The van der Waals surface area contributed by atoms with Gasteiger partial charge in [-0.25, -0.2) is 4.98 Å². The molecule has 0 saturated heterocycles. The highest BCUT2D eigenvalue weighted by molar-refractivity contribution is 7.13. The SMILES string of the molecule is Cc1nc(CC(C)C)sc1C(=O)N(C)Cc1ccccc1Cl. The second kappa shape index (κ2) is 7.25. The predicted octanol–water partition coefficient (Wildman–Crippen LogP) is 4.58. The minimum absolute atomic E-state index is 0.00456. The number of nitrogens with zero attached hydrogens (tertiary/aromatic N) is 2. The van der Waals surface area contributed by atoms with Crippen LogP contribution in [0.4, 0.5) is 0 Å². The number of carbonyl (C=O) groups excluding carboxylic acids is 1. The zero-order chi connectivity index (χ0) is 16.3. The molecule has 0 aliphatic carbocycles. The van der Waals surface area contributed by atoms with Crippen LogP contribution in [0.25, 0.3) is 0 Å². The Bertz CT molecular complexity index is 666. The average molecular weight is 337 g/mol. The molecule has 2 aromatic rings. The van der Waals surface area contributed by atoms with Gasteiger partial charge in [-0.3, -0.25) is 4.79 Å². The van der Waals surface area contributed by atoms with Gasteiger partial charge in [0.2, 0.25) is 0 Å². The van der Waals surface area contributed by atoms with Crippen molar-refractivity contribution in [1.29, 1.82) is 0 Å². The highest BCUT2D eigenvalue weighted by Gasteiger charge is 2.20. The Labute approximate surface area is 140 Å². The van der Waals surface area contributed by atoms with E-state index in [2.05, 4.69) is 18.8 Å². The molecule has 0 bridgehead atoms. The van der Waals surface area contributed by atoms with E-state index in [1.807, 2.05) is 31.2 Å². The first-order valence-electron chi connectivity index (χ1n) is 7.33. The topological polar surface area (TPSA) is 33.2 Å². The number of halogens is 1. The lowest BCUT2D eigenvalue weighted by Gasteiger charge is -2.17. The van der Waals surface area contributed by atoms with Crippen LogP contribution in [-0.4, -0.2) is 22.8 Å². The maximum absolute atomic E-state index is 12.6. The van der Waals surface area contributed by atoms with Crippen LogP contribution in [0.1, 0.15) is 39.8 Å². The molecule has 0 unspecified atom stereocenters. The molecule has 3 nitrogen and oxygen atoms in total. The summed E-state index contributed by atoms with van der Waals surface area (Å²) in [6, 6.07) is 7.60. The first kappa shape index (κ1) is 17.0. The number of amides is 1. The number of aromatic nitrogens is 1. The molecular formula is C17H21ClN2OS. The summed E-state index contributed by atoms with van der Waals surface area (Å²) in [5.74, 6) is 0.541. The van der Waals surface area contributed by atoms with Crippen LogP contribution in [0.5, 0.6) is 0 Å². The quantitative estimate of drug-likeness (QED) is 0.801. The third-order valence-corrected chi connectivity index (χ3v) is 4.87. The number of hydrogen-bond acceptors (Lipinski definition) is 3. The van der Waals surface area contributed by atoms with Gasteiger partial charge in [0.25, 0.3) is 5.91 Å². The average Bonchev–Trinajstić information content (AvgIpc) is 2.80. The Morgan fingerprint density at radius 1 is 1.36 bits per heavy atom. The minimum atomic E-state index is 0.00456. The van der Waals surface area contributed by atoms with E-state index < -0.39 is 0 Å². The monoisotopic (exact) mass is 336 g/mol. The van der Waals surface area contributed by atoms with Gasteiger partial charge in [-0.05, 0) is 24.5 Å². The number of hydrogen-bond donors (Lipinski definition) is 0. The molecule has 5 heteroatoms. The van der Waals surface area contributed by atoms with E-state index in [0.717, 1.165) is 27.6 Å². The molecule has 0 radical (unpaired) electrons. The normalized spacial score (nSPS) is 11.0. The summed E-state index contributed by atoms with van der Waals surface area (Å²) >= 11 is 7.67. The fraction of sp³-hybridized carbons (Fsp3) is 0.412. The van der Waals surface area contributed by atoms with Crippen molar-refractivity contribution in [1.82, 2.24) is 9.88 Å². The lowest BCUT2D eigenvalue weighted by Crippen LogP contribution is -2.26. The second-order valence-corrected chi connectivity index (χ2v) is 7.36. The minimum Gasteiger partial charge on any atom is -0.337 e. The first-order chi connectivity index (χ1) is 10.4. The molecule has 2 rings (SSSR count). The largest absolute Gasteiger partial charge is 0.337 e. The van der Waals surface area contributed by atoms with Gasteiger partial charge in [0.05, 0.1) is 10.7 Å². The van der Waals surface area contributed by atoms with E-state index in [9.17, 15) is 4.79 Å². The highest BCUT2D eigenvalue weighted by atomic mass is 35.5. The zero-order valence-corrected chi connectivity index (χ0v) is 15.0. The van der Waals surface area contributed by atoms with Crippen molar-refractivity contribution in [2.45, 2.75) is 33.7 Å². The van der Waals surface area contributed by atoms with Crippen LogP contribution < -0.4 is 0 Å². The van der Waals surface area contributed by atoms with Crippen molar-refractivity contribution in [2.75, 3.05) is 7.05 Å². The van der Waals surface area contributed by atoms with Crippen molar-refractivity contribution in [3.63, 3.8) is 0 Å². The van der Waals surface area contributed by atoms with Crippen molar-refractivity contribution in [3.8, 4) is 0 Å². The predicted molar refractivity (Wildman–Crippen MR) is 92.6 cm³/mol. The Kier molecular flexibility index (Phi) is 5.59. The number of carbonyl (C=O) groups is 1. The summed E-state index contributed by atoms with van der Waals surface area (Å²) < 4.78 is 0. The van der Waals surface area contributed by atoms with E-state index in [-0.39, 0.29) is 5.91 Å².